The van der Waals surface area contributed by atoms with Gasteiger partial charge in [0.2, 0.25) is 0 Å². The van der Waals surface area contributed by atoms with E-state index in [1.807, 2.05) is 0 Å². The van der Waals surface area contributed by atoms with E-state index in [1.54, 1.807) is 0 Å². The Morgan fingerprint density at radius 2 is 1.47 bits per heavy atom. The van der Waals surface area contributed by atoms with Gasteiger partial charge in [0.05, 0.1) is 13.2 Å². The number of Topliss-reactive ketones (excluding diaryl/α,β-unsaturated/α-hetero) is 1. The molecule has 0 aliphatic heterocycles. The molecule has 0 saturated heterocycles. The lowest BCUT2D eigenvalue weighted by atomic mass is 10.0. The van der Waals surface area contributed by atoms with Crippen molar-refractivity contribution in [1.82, 2.24) is 0 Å². The summed E-state index contributed by atoms with van der Waals surface area (Å²) >= 11 is 0. The lowest BCUT2D eigenvalue weighted by Crippen LogP contribution is -2.49. The third-order valence-corrected chi connectivity index (χ3v) is 1.78. The molecule has 0 amide bonds. The van der Waals surface area contributed by atoms with Gasteiger partial charge in [0.25, 0.3) is 0 Å². The Kier molecular flexibility index (Phi) is 11.5. The molecular weight excluding hydrogens is 260 g/mol. The maximum atomic E-state index is 10.9. The van der Waals surface area contributed by atoms with Gasteiger partial charge in [-0.3, -0.25) is 0 Å². The summed E-state index contributed by atoms with van der Waals surface area (Å²) in [5, 5.41) is 44.9. The second-order valence-electron chi connectivity index (χ2n) is 3.84. The highest BCUT2D eigenvalue weighted by molar-refractivity contribution is 5.75. The van der Waals surface area contributed by atoms with Crippen LogP contribution in [0, 0.1) is 0 Å². The molecular formula is C11H22O8. The molecule has 0 aromatic heterocycles. The topological polar surface area (TPSA) is 145 Å². The molecule has 0 spiro atoms. The Morgan fingerprint density at radius 3 is 1.79 bits per heavy atom. The number of hydrogen-bond acceptors (Lipinski definition) is 8. The molecule has 0 heterocycles. The fraction of sp³-hybridized carbons (Fsp3) is 0.818. The second kappa shape index (κ2) is 10.8. The van der Waals surface area contributed by atoms with E-state index in [0.29, 0.717) is 0 Å². The maximum Gasteiger partial charge on any atom is 0.337 e. The van der Waals surface area contributed by atoms with Crippen LogP contribution >= 0.6 is 0 Å². The molecule has 0 aliphatic rings. The van der Waals surface area contributed by atoms with E-state index in [2.05, 4.69) is 4.74 Å². The monoisotopic (exact) mass is 282 g/mol. The van der Waals surface area contributed by atoms with Gasteiger partial charge >= 0.3 is 5.97 Å². The van der Waals surface area contributed by atoms with Crippen LogP contribution in [-0.4, -0.2) is 74.9 Å². The van der Waals surface area contributed by atoms with Crippen molar-refractivity contribution in [1.29, 1.82) is 0 Å². The SMILES string of the molecule is CC(C)=O.CCOC(=O)[C@H](O)[C@H](O)[C@@H](O)[C@H](O)CO. The fourth-order valence-electron chi connectivity index (χ4n) is 0.889. The maximum absolute atomic E-state index is 10.9. The van der Waals surface area contributed by atoms with Crippen LogP contribution in [0.1, 0.15) is 20.8 Å². The number of hydrogen-bond donors (Lipinski definition) is 5. The number of carbonyl (C=O) groups is 2. The van der Waals surface area contributed by atoms with Gasteiger partial charge in [-0.05, 0) is 20.8 Å². The minimum absolute atomic E-state index is 0.0151. The molecule has 0 aromatic rings. The fourth-order valence-corrected chi connectivity index (χ4v) is 0.889. The van der Waals surface area contributed by atoms with Crippen molar-refractivity contribution in [3.8, 4) is 0 Å². The number of carbonyl (C=O) groups excluding carboxylic acids is 2. The number of ether oxygens (including phenoxy) is 1. The highest BCUT2D eigenvalue weighted by Gasteiger charge is 2.34. The van der Waals surface area contributed by atoms with Gasteiger partial charge < -0.3 is 35.1 Å². The molecule has 0 saturated carbocycles. The molecule has 0 bridgehead atoms. The van der Waals surface area contributed by atoms with Gasteiger partial charge in [-0.1, -0.05) is 0 Å². The molecule has 0 aromatic carbocycles. The van der Waals surface area contributed by atoms with E-state index in [-0.39, 0.29) is 12.4 Å². The average Bonchev–Trinajstić information content (AvgIpc) is 2.34. The third-order valence-electron chi connectivity index (χ3n) is 1.78. The van der Waals surface area contributed by atoms with Crippen LogP contribution in [-0.2, 0) is 14.3 Å². The van der Waals surface area contributed by atoms with Crippen molar-refractivity contribution in [2.24, 2.45) is 0 Å². The minimum atomic E-state index is -1.96. The lowest BCUT2D eigenvalue weighted by Gasteiger charge is -2.24. The van der Waals surface area contributed by atoms with Crippen LogP contribution in [0.25, 0.3) is 0 Å². The van der Waals surface area contributed by atoms with Crippen LogP contribution in [0.3, 0.4) is 0 Å². The summed E-state index contributed by atoms with van der Waals surface area (Å²) in [5.74, 6) is -0.936. The van der Waals surface area contributed by atoms with Crippen molar-refractivity contribution in [3.05, 3.63) is 0 Å². The first-order chi connectivity index (χ1) is 8.68. The summed E-state index contributed by atoms with van der Waals surface area (Å²) in [5.41, 5.74) is 0. The first-order valence-electron chi connectivity index (χ1n) is 5.65. The summed E-state index contributed by atoms with van der Waals surface area (Å²) in [7, 11) is 0. The van der Waals surface area contributed by atoms with Crippen LogP contribution < -0.4 is 0 Å². The van der Waals surface area contributed by atoms with Crippen molar-refractivity contribution in [3.63, 3.8) is 0 Å². The van der Waals surface area contributed by atoms with Crippen molar-refractivity contribution in [2.45, 2.75) is 45.2 Å². The smallest absolute Gasteiger partial charge is 0.337 e. The number of rotatable bonds is 6. The number of ketones is 1. The molecule has 19 heavy (non-hydrogen) atoms. The predicted octanol–water partition coefficient (Wildman–Crippen LogP) is -2.42. The summed E-state index contributed by atoms with van der Waals surface area (Å²) < 4.78 is 4.38. The van der Waals surface area contributed by atoms with E-state index in [0.717, 1.165) is 0 Å². The Hall–Kier alpha value is -1.06. The summed E-state index contributed by atoms with van der Waals surface area (Å²) in [6.07, 6.45) is -7.33. The van der Waals surface area contributed by atoms with Gasteiger partial charge in [0.1, 0.15) is 24.1 Å². The molecule has 0 rings (SSSR count). The average molecular weight is 282 g/mol. The van der Waals surface area contributed by atoms with E-state index >= 15 is 0 Å². The summed E-state index contributed by atoms with van der Waals surface area (Å²) in [4.78, 5) is 20.4. The molecule has 0 fully saturated rings. The lowest BCUT2D eigenvalue weighted by molar-refractivity contribution is -0.169. The molecule has 5 N–H and O–H groups in total. The van der Waals surface area contributed by atoms with Crippen LogP contribution in [0.15, 0.2) is 0 Å². The van der Waals surface area contributed by atoms with E-state index in [4.69, 9.17) is 20.4 Å². The first-order valence-corrected chi connectivity index (χ1v) is 5.65. The van der Waals surface area contributed by atoms with E-state index in [9.17, 15) is 14.7 Å². The number of aliphatic hydroxyl groups excluding tert-OH is 5. The van der Waals surface area contributed by atoms with Gasteiger partial charge in [0.15, 0.2) is 6.10 Å². The highest BCUT2D eigenvalue weighted by atomic mass is 16.5. The van der Waals surface area contributed by atoms with Crippen molar-refractivity contribution >= 4 is 11.8 Å². The largest absolute Gasteiger partial charge is 0.464 e. The zero-order chi connectivity index (χ0) is 15.6. The van der Waals surface area contributed by atoms with Gasteiger partial charge in [0, 0.05) is 0 Å². The highest BCUT2D eigenvalue weighted by Crippen LogP contribution is 2.06. The zero-order valence-corrected chi connectivity index (χ0v) is 11.2. The number of aliphatic hydroxyl groups is 5. The van der Waals surface area contributed by atoms with Gasteiger partial charge in [-0.2, -0.15) is 0 Å². The zero-order valence-electron chi connectivity index (χ0n) is 11.2. The van der Waals surface area contributed by atoms with Gasteiger partial charge in [-0.15, -0.1) is 0 Å². The van der Waals surface area contributed by atoms with Gasteiger partial charge in [-0.25, -0.2) is 4.79 Å². The molecule has 0 unspecified atom stereocenters. The van der Waals surface area contributed by atoms with E-state index < -0.39 is 37.0 Å². The van der Waals surface area contributed by atoms with E-state index in [1.165, 1.54) is 20.8 Å². The minimum Gasteiger partial charge on any atom is -0.464 e. The van der Waals surface area contributed by atoms with Crippen LogP contribution in [0.5, 0.6) is 0 Å². The van der Waals surface area contributed by atoms with Crippen LogP contribution in [0.4, 0.5) is 0 Å². The van der Waals surface area contributed by atoms with Crippen molar-refractivity contribution < 1.29 is 39.9 Å². The second-order valence-corrected chi connectivity index (χ2v) is 3.84. The number of esters is 1. The predicted molar refractivity (Wildman–Crippen MR) is 64.1 cm³/mol. The Balaban J connectivity index is 0. The first kappa shape index (κ1) is 20.3. The normalized spacial score (nSPS) is 16.4. The molecule has 8 nitrogen and oxygen atoms in total. The summed E-state index contributed by atoms with van der Waals surface area (Å²) in [6.45, 7) is 3.78. The Bertz CT molecular complexity index is 263. The molecule has 4 atom stereocenters. The Morgan fingerprint density at radius 1 is 1.05 bits per heavy atom. The quantitative estimate of drug-likeness (QED) is 0.338. The van der Waals surface area contributed by atoms with Crippen LogP contribution in [0.2, 0.25) is 0 Å². The Labute approximate surface area is 111 Å². The summed E-state index contributed by atoms with van der Waals surface area (Å²) in [6, 6.07) is 0. The molecule has 114 valence electrons. The molecule has 0 aliphatic carbocycles. The standard InChI is InChI=1S/C8H16O7.C3H6O/c1-2-15-8(14)7(13)6(12)5(11)4(10)3-9;1-3(2)4/h4-7,9-13H,2-3H2,1H3;1-2H3/t4-,5+,6-,7-;/m1./s1. The molecule has 0 radical (unpaired) electrons. The van der Waals surface area contributed by atoms with Crippen molar-refractivity contribution in [2.75, 3.05) is 13.2 Å². The third kappa shape index (κ3) is 9.51. The molecule has 8 heteroatoms.